The maximum absolute atomic E-state index is 12.0. The fourth-order valence-electron chi connectivity index (χ4n) is 2.26. The van der Waals surface area contributed by atoms with Crippen molar-refractivity contribution in [3.63, 3.8) is 0 Å². The second kappa shape index (κ2) is 6.76. The molecule has 0 saturated carbocycles. The molecule has 0 bridgehead atoms. The second-order valence-electron chi connectivity index (χ2n) is 5.02. The van der Waals surface area contributed by atoms with E-state index in [1.165, 1.54) is 0 Å². The zero-order chi connectivity index (χ0) is 15.2. The first-order valence-electron chi connectivity index (χ1n) is 7.21. The normalized spacial score (nSPS) is 10.5. The number of pyridine rings is 1. The number of rotatable bonds is 5. The molecule has 3 rings (SSSR count). The molecule has 0 saturated heterocycles. The number of aromatic nitrogens is 3. The number of carbonyl (C=O) groups is 1. The minimum absolute atomic E-state index is 0.00660. The Morgan fingerprint density at radius 1 is 1.05 bits per heavy atom. The number of anilines is 1. The van der Waals surface area contributed by atoms with Gasteiger partial charge in [-0.3, -0.25) is 19.7 Å². The molecule has 2 heterocycles. The Morgan fingerprint density at radius 2 is 1.91 bits per heavy atom. The Labute approximate surface area is 128 Å². The van der Waals surface area contributed by atoms with Crippen LogP contribution >= 0.6 is 0 Å². The molecule has 1 aromatic carbocycles. The Morgan fingerprint density at radius 3 is 2.73 bits per heavy atom. The summed E-state index contributed by atoms with van der Waals surface area (Å²) in [4.78, 5) is 24.5. The highest BCUT2D eigenvalue weighted by Gasteiger charge is 2.04. The Kier molecular flexibility index (Phi) is 4.34. The Hall–Kier alpha value is -2.82. The van der Waals surface area contributed by atoms with Gasteiger partial charge >= 0.3 is 0 Å². The molecule has 0 aliphatic carbocycles. The van der Waals surface area contributed by atoms with Crippen molar-refractivity contribution in [1.82, 2.24) is 15.0 Å². The van der Waals surface area contributed by atoms with Gasteiger partial charge in [0.25, 0.3) is 0 Å². The van der Waals surface area contributed by atoms with Gasteiger partial charge in [-0.1, -0.05) is 6.07 Å². The number of fused-ring (bicyclic) bond motifs is 1. The van der Waals surface area contributed by atoms with Crippen LogP contribution < -0.4 is 5.32 Å². The van der Waals surface area contributed by atoms with Crippen LogP contribution in [0.4, 0.5) is 5.69 Å². The van der Waals surface area contributed by atoms with Gasteiger partial charge in [-0.2, -0.15) is 0 Å². The van der Waals surface area contributed by atoms with Gasteiger partial charge in [0.2, 0.25) is 5.91 Å². The lowest BCUT2D eigenvalue weighted by molar-refractivity contribution is -0.116. The van der Waals surface area contributed by atoms with E-state index in [2.05, 4.69) is 20.3 Å². The molecule has 0 aliphatic rings. The number of hydrogen-bond acceptors (Lipinski definition) is 4. The molecule has 5 heteroatoms. The minimum Gasteiger partial charge on any atom is -0.326 e. The summed E-state index contributed by atoms with van der Waals surface area (Å²) in [6.07, 6.45) is 9.00. The lowest BCUT2D eigenvalue weighted by atomic mass is 10.1. The van der Waals surface area contributed by atoms with E-state index < -0.39 is 0 Å². The van der Waals surface area contributed by atoms with Crippen molar-refractivity contribution in [2.45, 2.75) is 19.3 Å². The summed E-state index contributed by atoms with van der Waals surface area (Å²) in [7, 11) is 0. The van der Waals surface area contributed by atoms with Crippen molar-refractivity contribution in [3.05, 3.63) is 60.7 Å². The van der Waals surface area contributed by atoms with Gasteiger partial charge in [0.1, 0.15) is 0 Å². The van der Waals surface area contributed by atoms with Gasteiger partial charge in [-0.05, 0) is 42.7 Å². The van der Waals surface area contributed by atoms with Crippen LogP contribution in [0.1, 0.15) is 18.4 Å². The highest BCUT2D eigenvalue weighted by molar-refractivity contribution is 5.92. The predicted octanol–water partition coefficient (Wildman–Crippen LogP) is 2.99. The van der Waals surface area contributed by atoms with E-state index >= 15 is 0 Å². The number of nitrogens with zero attached hydrogens (tertiary/aromatic N) is 3. The Bertz CT molecular complexity index is 774. The molecule has 110 valence electrons. The molecular formula is C17H16N4O. The van der Waals surface area contributed by atoms with Crippen LogP contribution in [0, 0.1) is 0 Å². The van der Waals surface area contributed by atoms with Crippen molar-refractivity contribution >= 4 is 22.6 Å². The van der Waals surface area contributed by atoms with Crippen molar-refractivity contribution in [2.75, 3.05) is 5.32 Å². The summed E-state index contributed by atoms with van der Waals surface area (Å²) in [5, 5.41) is 2.90. The molecule has 0 aliphatic heterocycles. The largest absolute Gasteiger partial charge is 0.326 e. The van der Waals surface area contributed by atoms with Crippen LogP contribution in [0.5, 0.6) is 0 Å². The summed E-state index contributed by atoms with van der Waals surface area (Å²) >= 11 is 0. The summed E-state index contributed by atoms with van der Waals surface area (Å²) in [6, 6.07) is 9.46. The van der Waals surface area contributed by atoms with E-state index in [-0.39, 0.29) is 5.91 Å². The lowest BCUT2D eigenvalue weighted by Gasteiger charge is -2.06. The molecular weight excluding hydrogens is 276 g/mol. The minimum atomic E-state index is 0.00660. The lowest BCUT2D eigenvalue weighted by Crippen LogP contribution is -2.11. The zero-order valence-electron chi connectivity index (χ0n) is 12.1. The first-order chi connectivity index (χ1) is 10.8. The monoisotopic (exact) mass is 292 g/mol. The smallest absolute Gasteiger partial charge is 0.224 e. The van der Waals surface area contributed by atoms with Crippen molar-refractivity contribution < 1.29 is 4.79 Å². The fourth-order valence-corrected chi connectivity index (χ4v) is 2.26. The van der Waals surface area contributed by atoms with E-state index in [4.69, 9.17) is 0 Å². The number of amides is 1. The maximum Gasteiger partial charge on any atom is 0.224 e. The van der Waals surface area contributed by atoms with Gasteiger partial charge in [-0.25, -0.2) is 0 Å². The molecule has 22 heavy (non-hydrogen) atoms. The molecule has 0 unspecified atom stereocenters. The molecule has 5 nitrogen and oxygen atoms in total. The SMILES string of the molecule is O=C(CCCc1cccnc1)Nc1ccc2nccnc2c1. The van der Waals surface area contributed by atoms with Crippen LogP contribution in [0.15, 0.2) is 55.1 Å². The third kappa shape index (κ3) is 3.63. The van der Waals surface area contributed by atoms with Crippen molar-refractivity contribution in [2.24, 2.45) is 0 Å². The third-order valence-corrected chi connectivity index (χ3v) is 3.35. The average Bonchev–Trinajstić information content (AvgIpc) is 2.56. The summed E-state index contributed by atoms with van der Waals surface area (Å²) in [5.41, 5.74) is 3.49. The quantitative estimate of drug-likeness (QED) is 0.785. The van der Waals surface area contributed by atoms with E-state index in [1.807, 2.05) is 36.5 Å². The molecule has 0 fully saturated rings. The van der Waals surface area contributed by atoms with Gasteiger partial charge in [0, 0.05) is 36.9 Å². The fraction of sp³-hybridized carbons (Fsp3) is 0.176. The molecule has 0 spiro atoms. The van der Waals surface area contributed by atoms with E-state index in [0.717, 1.165) is 35.1 Å². The molecule has 2 aromatic heterocycles. The summed E-state index contributed by atoms with van der Waals surface area (Å²) < 4.78 is 0. The van der Waals surface area contributed by atoms with Gasteiger partial charge in [0.15, 0.2) is 0 Å². The van der Waals surface area contributed by atoms with E-state index in [9.17, 15) is 4.79 Å². The first kappa shape index (κ1) is 14.1. The molecule has 3 aromatic rings. The highest BCUT2D eigenvalue weighted by Crippen LogP contribution is 2.15. The number of nitrogens with one attached hydrogen (secondary N) is 1. The van der Waals surface area contributed by atoms with Gasteiger partial charge in [-0.15, -0.1) is 0 Å². The topological polar surface area (TPSA) is 67.8 Å². The van der Waals surface area contributed by atoms with Crippen LogP contribution in [0.2, 0.25) is 0 Å². The second-order valence-corrected chi connectivity index (χ2v) is 5.02. The summed E-state index contributed by atoms with van der Waals surface area (Å²) in [6.45, 7) is 0. The predicted molar refractivity (Wildman–Crippen MR) is 85.3 cm³/mol. The van der Waals surface area contributed by atoms with E-state index in [0.29, 0.717) is 6.42 Å². The maximum atomic E-state index is 12.0. The molecule has 1 N–H and O–H groups in total. The summed E-state index contributed by atoms with van der Waals surface area (Å²) in [5.74, 6) is 0.00660. The standard InChI is InChI=1S/C17H16N4O/c22-17(5-1-3-13-4-2-8-18-12-13)21-14-6-7-15-16(11-14)20-10-9-19-15/h2,4,6-12H,1,3,5H2,(H,21,22). The number of carbonyl (C=O) groups excluding carboxylic acids is 1. The highest BCUT2D eigenvalue weighted by atomic mass is 16.1. The van der Waals surface area contributed by atoms with Gasteiger partial charge < -0.3 is 5.32 Å². The molecule has 0 radical (unpaired) electrons. The number of hydrogen-bond donors (Lipinski definition) is 1. The van der Waals surface area contributed by atoms with Crippen LogP contribution in [0.25, 0.3) is 11.0 Å². The van der Waals surface area contributed by atoms with E-state index in [1.54, 1.807) is 18.6 Å². The molecule has 1 amide bonds. The number of aryl methyl sites for hydroxylation is 1. The van der Waals surface area contributed by atoms with Crippen molar-refractivity contribution in [1.29, 1.82) is 0 Å². The van der Waals surface area contributed by atoms with Gasteiger partial charge in [0.05, 0.1) is 11.0 Å². The Balaban J connectivity index is 1.54. The number of benzene rings is 1. The van der Waals surface area contributed by atoms with Crippen LogP contribution in [-0.2, 0) is 11.2 Å². The van der Waals surface area contributed by atoms with Crippen LogP contribution in [-0.4, -0.2) is 20.9 Å². The van der Waals surface area contributed by atoms with Crippen LogP contribution in [0.3, 0.4) is 0 Å². The average molecular weight is 292 g/mol. The molecule has 0 atom stereocenters. The zero-order valence-corrected chi connectivity index (χ0v) is 12.1. The van der Waals surface area contributed by atoms with Crippen molar-refractivity contribution in [3.8, 4) is 0 Å². The first-order valence-corrected chi connectivity index (χ1v) is 7.21. The third-order valence-electron chi connectivity index (χ3n) is 3.35.